The van der Waals surface area contributed by atoms with Gasteiger partial charge in [0.2, 0.25) is 10.0 Å². The molecule has 7 nitrogen and oxygen atoms in total. The SMILES string of the molecule is COC(=O)c1ccc(S(=O)(=O)N2CC[C@@H](S(C)(=O)=O)C2)cc1. The van der Waals surface area contributed by atoms with Crippen LogP contribution in [0.4, 0.5) is 0 Å². The molecule has 0 bridgehead atoms. The molecule has 0 aromatic heterocycles. The fourth-order valence-electron chi connectivity index (χ4n) is 2.30. The molecule has 0 saturated carbocycles. The molecule has 0 aliphatic carbocycles. The smallest absolute Gasteiger partial charge is 0.337 e. The molecule has 1 aromatic rings. The lowest BCUT2D eigenvalue weighted by molar-refractivity contribution is 0.0600. The Kier molecular flexibility index (Phi) is 4.59. The summed E-state index contributed by atoms with van der Waals surface area (Å²) in [5.74, 6) is -0.553. The van der Waals surface area contributed by atoms with Gasteiger partial charge in [0.05, 0.1) is 22.8 Å². The Bertz CT molecular complexity index is 767. The zero-order valence-corrected chi connectivity index (χ0v) is 13.9. The summed E-state index contributed by atoms with van der Waals surface area (Å²) in [5.41, 5.74) is 0.247. The van der Waals surface area contributed by atoms with Crippen molar-refractivity contribution in [2.45, 2.75) is 16.6 Å². The van der Waals surface area contributed by atoms with Crippen molar-refractivity contribution in [1.82, 2.24) is 4.31 Å². The third-order valence-corrected chi connectivity index (χ3v) is 7.10. The number of carbonyl (C=O) groups excluding carboxylic acids is 1. The average molecular weight is 347 g/mol. The number of rotatable bonds is 4. The van der Waals surface area contributed by atoms with E-state index in [1.165, 1.54) is 31.4 Å². The van der Waals surface area contributed by atoms with Crippen molar-refractivity contribution < 1.29 is 26.4 Å². The molecule has 1 aliphatic heterocycles. The molecule has 9 heteroatoms. The lowest BCUT2D eigenvalue weighted by Gasteiger charge is -2.16. The van der Waals surface area contributed by atoms with Crippen LogP contribution in [-0.2, 0) is 24.6 Å². The molecular formula is C13H17NO6S2. The number of nitrogens with zero attached hydrogens (tertiary/aromatic N) is 1. The number of ether oxygens (including phenoxy) is 1. The van der Waals surface area contributed by atoms with Gasteiger partial charge in [-0.05, 0) is 30.7 Å². The summed E-state index contributed by atoms with van der Waals surface area (Å²) >= 11 is 0. The van der Waals surface area contributed by atoms with E-state index >= 15 is 0 Å². The molecule has 0 radical (unpaired) electrons. The minimum absolute atomic E-state index is 0.0225. The molecule has 1 aromatic carbocycles. The quantitative estimate of drug-likeness (QED) is 0.726. The Morgan fingerprint density at radius 2 is 1.77 bits per heavy atom. The van der Waals surface area contributed by atoms with Crippen molar-refractivity contribution >= 4 is 25.8 Å². The van der Waals surface area contributed by atoms with Gasteiger partial charge >= 0.3 is 5.97 Å². The molecule has 1 aliphatic rings. The second-order valence-electron chi connectivity index (χ2n) is 5.12. The summed E-state index contributed by atoms with van der Waals surface area (Å²) in [7, 11) is -5.79. The average Bonchev–Trinajstić information content (AvgIpc) is 2.97. The minimum atomic E-state index is -3.76. The third-order valence-electron chi connectivity index (χ3n) is 3.63. The molecule has 122 valence electrons. The predicted octanol–water partition coefficient (Wildman–Crippen LogP) is 0.281. The maximum absolute atomic E-state index is 12.5. The first-order chi connectivity index (χ1) is 10.2. The van der Waals surface area contributed by atoms with Crippen LogP contribution in [-0.4, -0.2) is 58.8 Å². The summed E-state index contributed by atoms with van der Waals surface area (Å²) in [5, 5.41) is -0.670. The van der Waals surface area contributed by atoms with E-state index < -0.39 is 31.1 Å². The summed E-state index contributed by atoms with van der Waals surface area (Å²) in [4.78, 5) is 11.4. The van der Waals surface area contributed by atoms with E-state index in [-0.39, 0.29) is 30.0 Å². The maximum Gasteiger partial charge on any atom is 0.337 e. The van der Waals surface area contributed by atoms with Crippen molar-refractivity contribution in [2.24, 2.45) is 0 Å². The van der Waals surface area contributed by atoms with Crippen LogP contribution in [0.15, 0.2) is 29.2 Å². The second kappa shape index (κ2) is 5.98. The van der Waals surface area contributed by atoms with Crippen LogP contribution < -0.4 is 0 Å². The van der Waals surface area contributed by atoms with Crippen molar-refractivity contribution in [2.75, 3.05) is 26.5 Å². The number of benzene rings is 1. The molecule has 1 atom stereocenters. The monoisotopic (exact) mass is 347 g/mol. The van der Waals surface area contributed by atoms with Crippen molar-refractivity contribution in [3.8, 4) is 0 Å². The largest absolute Gasteiger partial charge is 0.465 e. The third kappa shape index (κ3) is 3.31. The molecule has 1 fully saturated rings. The van der Waals surface area contributed by atoms with E-state index in [1.807, 2.05) is 0 Å². The lowest BCUT2D eigenvalue weighted by atomic mass is 10.2. The Morgan fingerprint density at radius 1 is 1.18 bits per heavy atom. The van der Waals surface area contributed by atoms with Gasteiger partial charge in [0.25, 0.3) is 0 Å². The van der Waals surface area contributed by atoms with Crippen LogP contribution in [0.5, 0.6) is 0 Å². The van der Waals surface area contributed by atoms with E-state index in [4.69, 9.17) is 0 Å². The molecule has 1 heterocycles. The van der Waals surface area contributed by atoms with Crippen molar-refractivity contribution in [3.05, 3.63) is 29.8 Å². The van der Waals surface area contributed by atoms with Gasteiger partial charge in [-0.3, -0.25) is 0 Å². The highest BCUT2D eigenvalue weighted by atomic mass is 32.2. The van der Waals surface area contributed by atoms with Gasteiger partial charge in [0.15, 0.2) is 9.84 Å². The van der Waals surface area contributed by atoms with Crippen LogP contribution in [0.25, 0.3) is 0 Å². The second-order valence-corrected chi connectivity index (χ2v) is 9.38. The van der Waals surface area contributed by atoms with E-state index in [0.717, 1.165) is 10.6 Å². The molecule has 1 saturated heterocycles. The molecule has 0 spiro atoms. The summed E-state index contributed by atoms with van der Waals surface area (Å²) in [6, 6.07) is 5.36. The van der Waals surface area contributed by atoms with Gasteiger partial charge in [-0.2, -0.15) is 4.31 Å². The van der Waals surface area contributed by atoms with Crippen LogP contribution in [0.2, 0.25) is 0 Å². The molecular weight excluding hydrogens is 330 g/mol. The van der Waals surface area contributed by atoms with E-state index in [2.05, 4.69) is 4.74 Å². The number of hydrogen-bond acceptors (Lipinski definition) is 6. The van der Waals surface area contributed by atoms with Gasteiger partial charge in [-0.1, -0.05) is 0 Å². The lowest BCUT2D eigenvalue weighted by Crippen LogP contribution is -2.31. The van der Waals surface area contributed by atoms with Gasteiger partial charge in [-0.25, -0.2) is 21.6 Å². The first-order valence-electron chi connectivity index (χ1n) is 6.53. The molecule has 0 unspecified atom stereocenters. The minimum Gasteiger partial charge on any atom is -0.465 e. The molecule has 22 heavy (non-hydrogen) atoms. The highest BCUT2D eigenvalue weighted by Gasteiger charge is 2.36. The molecule has 2 rings (SSSR count). The number of methoxy groups -OCH3 is 1. The van der Waals surface area contributed by atoms with Crippen LogP contribution in [0.1, 0.15) is 16.8 Å². The Hall–Kier alpha value is -1.45. The zero-order valence-electron chi connectivity index (χ0n) is 12.2. The zero-order chi connectivity index (χ0) is 16.5. The molecule has 0 amide bonds. The normalized spacial score (nSPS) is 20.0. The van der Waals surface area contributed by atoms with Gasteiger partial charge in [-0.15, -0.1) is 0 Å². The van der Waals surface area contributed by atoms with Crippen LogP contribution in [0.3, 0.4) is 0 Å². The Morgan fingerprint density at radius 3 is 2.23 bits per heavy atom. The number of carbonyl (C=O) groups is 1. The van der Waals surface area contributed by atoms with Gasteiger partial charge in [0, 0.05) is 19.3 Å². The number of hydrogen-bond donors (Lipinski definition) is 0. The standard InChI is InChI=1S/C13H17NO6S2/c1-20-13(15)10-3-5-11(6-4-10)22(18,19)14-8-7-12(9-14)21(2,16)17/h3-6,12H,7-9H2,1-2H3/t12-/m1/s1. The van der Waals surface area contributed by atoms with E-state index in [9.17, 15) is 21.6 Å². The number of esters is 1. The first-order valence-corrected chi connectivity index (χ1v) is 9.93. The fraction of sp³-hybridized carbons (Fsp3) is 0.462. The first kappa shape index (κ1) is 16.9. The summed E-state index contributed by atoms with van der Waals surface area (Å²) in [6.45, 7) is 0.124. The van der Waals surface area contributed by atoms with Gasteiger partial charge < -0.3 is 4.74 Å². The van der Waals surface area contributed by atoms with Crippen LogP contribution >= 0.6 is 0 Å². The highest BCUT2D eigenvalue weighted by Crippen LogP contribution is 2.24. The Balaban J connectivity index is 2.23. The number of sulfone groups is 1. The maximum atomic E-state index is 12.5. The summed E-state index contributed by atoms with van der Waals surface area (Å²) in [6.07, 6.45) is 1.40. The van der Waals surface area contributed by atoms with Crippen LogP contribution in [0, 0.1) is 0 Å². The van der Waals surface area contributed by atoms with Crippen molar-refractivity contribution in [1.29, 1.82) is 0 Å². The molecule has 0 N–H and O–H groups in total. The van der Waals surface area contributed by atoms with Gasteiger partial charge in [0.1, 0.15) is 0 Å². The summed E-state index contributed by atoms with van der Waals surface area (Å²) < 4.78 is 53.7. The Labute approximate surface area is 129 Å². The number of sulfonamides is 1. The topological polar surface area (TPSA) is 97.8 Å². The highest BCUT2D eigenvalue weighted by molar-refractivity contribution is 7.91. The van der Waals surface area contributed by atoms with Crippen molar-refractivity contribution in [3.63, 3.8) is 0 Å². The fourth-order valence-corrected chi connectivity index (χ4v) is 4.87. The predicted molar refractivity (Wildman–Crippen MR) is 79.8 cm³/mol. The van der Waals surface area contributed by atoms with E-state index in [0.29, 0.717) is 0 Å². The van der Waals surface area contributed by atoms with E-state index in [1.54, 1.807) is 0 Å².